The third-order valence-corrected chi connectivity index (χ3v) is 1.88. The zero-order valence-corrected chi connectivity index (χ0v) is 8.08. The first-order valence-electron chi connectivity index (χ1n) is 3.53. The summed E-state index contributed by atoms with van der Waals surface area (Å²) < 4.78 is 1.99. The van der Waals surface area contributed by atoms with Crippen LogP contribution < -0.4 is 0 Å². The molecule has 0 aliphatic carbocycles. The van der Waals surface area contributed by atoms with Crippen LogP contribution in [-0.2, 0) is 7.05 Å². The van der Waals surface area contributed by atoms with Crippen molar-refractivity contribution >= 4 is 22.0 Å². The Morgan fingerprint density at radius 1 is 1.73 bits per heavy atom. The number of allylic oxidation sites excluding steroid dienone is 1. The predicted octanol–water partition coefficient (Wildman–Crippen LogP) is 2.22. The molecule has 0 unspecified atom stereocenters. The Morgan fingerprint density at radius 3 is 3.09 bits per heavy atom. The monoisotopic (exact) mass is 214 g/mol. The Labute approximate surface area is 75.1 Å². The fraction of sp³-hybridized carbons (Fsp3) is 0.375. The van der Waals surface area contributed by atoms with Crippen molar-refractivity contribution in [3.63, 3.8) is 0 Å². The SMILES string of the molecule is Cn1cncc1C=CCCBr. The van der Waals surface area contributed by atoms with Gasteiger partial charge in [-0.15, -0.1) is 0 Å². The van der Waals surface area contributed by atoms with Crippen molar-refractivity contribution in [3.05, 3.63) is 24.3 Å². The van der Waals surface area contributed by atoms with Gasteiger partial charge in [0.1, 0.15) is 0 Å². The first kappa shape index (κ1) is 8.53. The van der Waals surface area contributed by atoms with Crippen molar-refractivity contribution in [1.29, 1.82) is 0 Å². The molecule has 0 N–H and O–H groups in total. The molecule has 0 bridgehead atoms. The summed E-state index contributed by atoms with van der Waals surface area (Å²) in [6, 6.07) is 0. The molecule has 0 aliphatic rings. The van der Waals surface area contributed by atoms with E-state index in [0.717, 1.165) is 17.4 Å². The maximum atomic E-state index is 4.00. The van der Waals surface area contributed by atoms with Gasteiger partial charge in [0.15, 0.2) is 0 Å². The highest BCUT2D eigenvalue weighted by molar-refractivity contribution is 9.09. The molecule has 1 heterocycles. The van der Waals surface area contributed by atoms with Gasteiger partial charge < -0.3 is 4.57 Å². The molecule has 0 aliphatic heterocycles. The molecule has 60 valence electrons. The van der Waals surface area contributed by atoms with E-state index in [0.29, 0.717) is 0 Å². The van der Waals surface area contributed by atoms with Crippen LogP contribution in [0.1, 0.15) is 12.1 Å². The summed E-state index contributed by atoms with van der Waals surface area (Å²) in [5.74, 6) is 0. The summed E-state index contributed by atoms with van der Waals surface area (Å²) in [4.78, 5) is 4.00. The van der Waals surface area contributed by atoms with Gasteiger partial charge in [-0.1, -0.05) is 22.0 Å². The zero-order chi connectivity index (χ0) is 8.10. The normalized spacial score (nSPS) is 11.1. The van der Waals surface area contributed by atoms with Gasteiger partial charge in [-0.05, 0) is 12.5 Å². The van der Waals surface area contributed by atoms with Crippen LogP contribution in [0.3, 0.4) is 0 Å². The molecular formula is C8H11BrN2. The number of halogens is 1. The number of aromatic nitrogens is 2. The average Bonchev–Trinajstić information content (AvgIpc) is 2.37. The number of alkyl halides is 1. The zero-order valence-electron chi connectivity index (χ0n) is 6.50. The average molecular weight is 215 g/mol. The van der Waals surface area contributed by atoms with Gasteiger partial charge in [-0.25, -0.2) is 4.98 Å². The Hall–Kier alpha value is -0.570. The van der Waals surface area contributed by atoms with Crippen molar-refractivity contribution in [2.45, 2.75) is 6.42 Å². The third kappa shape index (κ3) is 2.50. The van der Waals surface area contributed by atoms with Crippen molar-refractivity contribution < 1.29 is 0 Å². The molecule has 1 aromatic rings. The lowest BCUT2D eigenvalue weighted by Crippen LogP contribution is -1.86. The maximum absolute atomic E-state index is 4.00. The number of rotatable bonds is 3. The molecule has 0 amide bonds. The van der Waals surface area contributed by atoms with Gasteiger partial charge >= 0.3 is 0 Å². The second-order valence-electron chi connectivity index (χ2n) is 2.31. The lowest BCUT2D eigenvalue weighted by Gasteiger charge is -1.92. The van der Waals surface area contributed by atoms with Crippen LogP contribution in [0, 0.1) is 0 Å². The third-order valence-electron chi connectivity index (χ3n) is 1.42. The van der Waals surface area contributed by atoms with Crippen molar-refractivity contribution in [3.8, 4) is 0 Å². The lowest BCUT2D eigenvalue weighted by atomic mass is 10.3. The molecule has 1 aromatic heterocycles. The molecule has 3 heteroatoms. The molecular weight excluding hydrogens is 204 g/mol. The van der Waals surface area contributed by atoms with E-state index in [-0.39, 0.29) is 0 Å². The fourth-order valence-electron chi connectivity index (χ4n) is 0.795. The molecule has 0 saturated carbocycles. The number of hydrogen-bond acceptors (Lipinski definition) is 1. The summed E-state index contributed by atoms with van der Waals surface area (Å²) in [7, 11) is 1.99. The second kappa shape index (κ2) is 4.34. The minimum absolute atomic E-state index is 1.02. The molecule has 0 aromatic carbocycles. The van der Waals surface area contributed by atoms with Gasteiger partial charge in [0.05, 0.1) is 18.2 Å². The van der Waals surface area contributed by atoms with Crippen LogP contribution in [0.2, 0.25) is 0 Å². The molecule has 1 rings (SSSR count). The van der Waals surface area contributed by atoms with E-state index in [4.69, 9.17) is 0 Å². The van der Waals surface area contributed by atoms with Gasteiger partial charge in [0, 0.05) is 12.4 Å². The topological polar surface area (TPSA) is 17.8 Å². The minimum Gasteiger partial charge on any atom is -0.334 e. The van der Waals surface area contributed by atoms with E-state index in [9.17, 15) is 0 Å². The van der Waals surface area contributed by atoms with Crippen LogP contribution in [0.4, 0.5) is 0 Å². The van der Waals surface area contributed by atoms with Gasteiger partial charge in [0.2, 0.25) is 0 Å². The van der Waals surface area contributed by atoms with Crippen LogP contribution >= 0.6 is 15.9 Å². The maximum Gasteiger partial charge on any atom is 0.0948 e. The first-order chi connectivity index (χ1) is 5.34. The number of aryl methyl sites for hydroxylation is 1. The van der Waals surface area contributed by atoms with Gasteiger partial charge in [0.25, 0.3) is 0 Å². The van der Waals surface area contributed by atoms with Crippen LogP contribution in [0.15, 0.2) is 18.6 Å². The first-order valence-corrected chi connectivity index (χ1v) is 4.65. The molecule has 0 saturated heterocycles. The Kier molecular flexibility index (Phi) is 3.36. The highest BCUT2D eigenvalue weighted by Gasteiger charge is 1.89. The number of hydrogen-bond donors (Lipinski definition) is 0. The van der Waals surface area contributed by atoms with Crippen molar-refractivity contribution in [2.24, 2.45) is 7.05 Å². The standard InChI is InChI=1S/C8H11BrN2/c1-11-7-10-6-8(11)4-2-3-5-9/h2,4,6-7H,3,5H2,1H3. The van der Waals surface area contributed by atoms with Crippen molar-refractivity contribution in [1.82, 2.24) is 9.55 Å². The van der Waals surface area contributed by atoms with Crippen LogP contribution in [0.25, 0.3) is 6.08 Å². The van der Waals surface area contributed by atoms with Crippen LogP contribution in [0.5, 0.6) is 0 Å². The van der Waals surface area contributed by atoms with Gasteiger partial charge in [-0.3, -0.25) is 0 Å². The summed E-state index contributed by atoms with van der Waals surface area (Å²) in [5.41, 5.74) is 1.14. The lowest BCUT2D eigenvalue weighted by molar-refractivity contribution is 0.901. The number of imidazole rings is 1. The highest BCUT2D eigenvalue weighted by Crippen LogP contribution is 2.00. The Bertz CT molecular complexity index is 240. The number of nitrogens with zero attached hydrogens (tertiary/aromatic N) is 2. The molecule has 0 radical (unpaired) electrons. The largest absolute Gasteiger partial charge is 0.334 e. The molecule has 0 fully saturated rings. The molecule has 0 atom stereocenters. The van der Waals surface area contributed by atoms with E-state index in [1.54, 1.807) is 6.33 Å². The van der Waals surface area contributed by atoms with E-state index < -0.39 is 0 Å². The Balaban J connectivity index is 2.56. The summed E-state index contributed by atoms with van der Waals surface area (Å²) in [6.45, 7) is 0. The highest BCUT2D eigenvalue weighted by atomic mass is 79.9. The molecule has 2 nitrogen and oxygen atoms in total. The van der Waals surface area contributed by atoms with Crippen molar-refractivity contribution in [2.75, 3.05) is 5.33 Å². The predicted molar refractivity (Wildman–Crippen MR) is 50.7 cm³/mol. The minimum atomic E-state index is 1.02. The van der Waals surface area contributed by atoms with E-state index in [2.05, 4.69) is 33.1 Å². The quantitative estimate of drug-likeness (QED) is 0.707. The smallest absolute Gasteiger partial charge is 0.0948 e. The summed E-state index contributed by atoms with van der Waals surface area (Å²) >= 11 is 3.36. The second-order valence-corrected chi connectivity index (χ2v) is 3.10. The summed E-state index contributed by atoms with van der Waals surface area (Å²) in [5, 5.41) is 1.02. The van der Waals surface area contributed by atoms with Gasteiger partial charge in [-0.2, -0.15) is 0 Å². The van der Waals surface area contributed by atoms with E-state index in [1.165, 1.54) is 0 Å². The Morgan fingerprint density at radius 2 is 2.55 bits per heavy atom. The van der Waals surface area contributed by atoms with E-state index in [1.807, 2.05) is 17.8 Å². The van der Waals surface area contributed by atoms with E-state index >= 15 is 0 Å². The van der Waals surface area contributed by atoms with Crippen LogP contribution in [-0.4, -0.2) is 14.9 Å². The molecule has 11 heavy (non-hydrogen) atoms. The fourth-order valence-corrected chi connectivity index (χ4v) is 1.06. The molecule has 0 spiro atoms. The summed E-state index contributed by atoms with van der Waals surface area (Å²) in [6.07, 6.45) is 8.92.